The predicted octanol–water partition coefficient (Wildman–Crippen LogP) is 3.22. The summed E-state index contributed by atoms with van der Waals surface area (Å²) in [6, 6.07) is 12.3. The fraction of sp³-hybridized carbons (Fsp3) is 0.143. The van der Waals surface area contributed by atoms with E-state index in [1.54, 1.807) is 49.1 Å². The van der Waals surface area contributed by atoms with Crippen LogP contribution in [0.3, 0.4) is 0 Å². The maximum atomic E-state index is 14.0. The summed E-state index contributed by atoms with van der Waals surface area (Å²) < 4.78 is 44.3. The standard InChI is InChI=1S/C21H19FN4O3S/c1-25(2)20(27)13-26-11-9-14-12-15(5-7-18(14)26)24-30(28,29)19-8-6-17(22)21-16(19)4-3-10-23-21/h3-12,24H,13H2,1-2H3. The van der Waals surface area contributed by atoms with E-state index >= 15 is 0 Å². The molecule has 4 rings (SSSR count). The van der Waals surface area contributed by atoms with Crippen LogP contribution < -0.4 is 4.72 Å². The average molecular weight is 426 g/mol. The molecule has 0 atom stereocenters. The van der Waals surface area contributed by atoms with Gasteiger partial charge in [-0.1, -0.05) is 0 Å². The normalized spacial score (nSPS) is 11.7. The number of fused-ring (bicyclic) bond motifs is 2. The van der Waals surface area contributed by atoms with E-state index in [9.17, 15) is 17.6 Å². The molecule has 2 heterocycles. The van der Waals surface area contributed by atoms with Gasteiger partial charge in [0.2, 0.25) is 5.91 Å². The highest BCUT2D eigenvalue weighted by Crippen LogP contribution is 2.27. The van der Waals surface area contributed by atoms with Crippen molar-refractivity contribution in [2.24, 2.45) is 0 Å². The number of sulfonamides is 1. The Bertz CT molecular complexity index is 1380. The molecule has 0 saturated carbocycles. The number of likely N-dealkylation sites (N-methyl/N-ethyl adjacent to an activating group) is 1. The van der Waals surface area contributed by atoms with Gasteiger partial charge in [-0.05, 0) is 48.5 Å². The Labute approximate surface area is 172 Å². The molecule has 0 bridgehead atoms. The zero-order valence-electron chi connectivity index (χ0n) is 16.3. The van der Waals surface area contributed by atoms with Gasteiger partial charge in [0, 0.05) is 48.5 Å². The molecule has 0 spiro atoms. The molecule has 30 heavy (non-hydrogen) atoms. The second kappa shape index (κ2) is 7.42. The fourth-order valence-electron chi connectivity index (χ4n) is 3.25. The molecular formula is C21H19FN4O3S. The van der Waals surface area contributed by atoms with E-state index < -0.39 is 15.8 Å². The van der Waals surface area contributed by atoms with Crippen LogP contribution in [0, 0.1) is 5.82 Å². The lowest BCUT2D eigenvalue weighted by Gasteiger charge is -2.13. The first-order chi connectivity index (χ1) is 14.3. The van der Waals surface area contributed by atoms with Gasteiger partial charge < -0.3 is 9.47 Å². The van der Waals surface area contributed by atoms with Gasteiger partial charge in [-0.2, -0.15) is 0 Å². The number of anilines is 1. The molecule has 2 aromatic carbocycles. The van der Waals surface area contributed by atoms with Crippen molar-refractivity contribution in [2.45, 2.75) is 11.4 Å². The quantitative estimate of drug-likeness (QED) is 0.531. The maximum absolute atomic E-state index is 14.0. The molecule has 0 radical (unpaired) electrons. The van der Waals surface area contributed by atoms with Crippen molar-refractivity contribution in [2.75, 3.05) is 18.8 Å². The van der Waals surface area contributed by atoms with Crippen molar-refractivity contribution in [3.05, 3.63) is 66.7 Å². The molecule has 0 aliphatic rings. The lowest BCUT2D eigenvalue weighted by Crippen LogP contribution is -2.25. The highest BCUT2D eigenvalue weighted by molar-refractivity contribution is 7.93. The molecule has 9 heteroatoms. The Morgan fingerprint density at radius 2 is 1.97 bits per heavy atom. The highest BCUT2D eigenvalue weighted by Gasteiger charge is 2.20. The minimum Gasteiger partial charge on any atom is -0.347 e. The minimum atomic E-state index is -3.97. The van der Waals surface area contributed by atoms with Gasteiger partial charge in [0.25, 0.3) is 10.0 Å². The molecule has 1 N–H and O–H groups in total. The first-order valence-electron chi connectivity index (χ1n) is 9.11. The van der Waals surface area contributed by atoms with E-state index in [-0.39, 0.29) is 28.3 Å². The zero-order chi connectivity index (χ0) is 21.5. The number of hydrogen-bond acceptors (Lipinski definition) is 4. The summed E-state index contributed by atoms with van der Waals surface area (Å²) in [6.07, 6.45) is 3.19. The van der Waals surface area contributed by atoms with Crippen LogP contribution in [0.5, 0.6) is 0 Å². The molecule has 7 nitrogen and oxygen atoms in total. The molecule has 2 aromatic heterocycles. The van der Waals surface area contributed by atoms with Gasteiger partial charge >= 0.3 is 0 Å². The Balaban J connectivity index is 1.67. The summed E-state index contributed by atoms with van der Waals surface area (Å²) in [4.78, 5) is 17.4. The van der Waals surface area contributed by atoms with Crippen molar-refractivity contribution in [1.29, 1.82) is 0 Å². The number of carbonyl (C=O) groups is 1. The molecule has 0 saturated heterocycles. The Hall–Kier alpha value is -3.46. The number of carbonyl (C=O) groups excluding carboxylic acids is 1. The zero-order valence-corrected chi connectivity index (χ0v) is 17.1. The molecule has 0 unspecified atom stereocenters. The minimum absolute atomic E-state index is 0.00142. The van der Waals surface area contributed by atoms with Crippen LogP contribution in [0.15, 0.2) is 65.8 Å². The average Bonchev–Trinajstić information content (AvgIpc) is 3.09. The third-order valence-corrected chi connectivity index (χ3v) is 6.24. The third kappa shape index (κ3) is 3.59. The van der Waals surface area contributed by atoms with Crippen LogP contribution in [-0.2, 0) is 21.4 Å². The first kappa shape index (κ1) is 19.8. The number of pyridine rings is 1. The van der Waals surface area contributed by atoms with Crippen molar-refractivity contribution in [1.82, 2.24) is 14.5 Å². The Kier molecular flexibility index (Phi) is 4.90. The van der Waals surface area contributed by atoms with E-state index in [1.165, 1.54) is 23.2 Å². The van der Waals surface area contributed by atoms with E-state index in [2.05, 4.69) is 9.71 Å². The van der Waals surface area contributed by atoms with Crippen molar-refractivity contribution in [3.63, 3.8) is 0 Å². The smallest absolute Gasteiger partial charge is 0.262 e. The number of amides is 1. The van der Waals surface area contributed by atoms with Gasteiger partial charge in [-0.25, -0.2) is 12.8 Å². The predicted molar refractivity (Wildman–Crippen MR) is 113 cm³/mol. The van der Waals surface area contributed by atoms with Crippen LogP contribution in [0.2, 0.25) is 0 Å². The second-order valence-corrected chi connectivity index (χ2v) is 8.71. The van der Waals surface area contributed by atoms with Gasteiger partial charge in [0.15, 0.2) is 0 Å². The van der Waals surface area contributed by atoms with E-state index in [1.807, 2.05) is 6.07 Å². The van der Waals surface area contributed by atoms with Gasteiger partial charge in [0.05, 0.1) is 4.90 Å². The molecule has 154 valence electrons. The molecule has 4 aromatic rings. The summed E-state index contributed by atoms with van der Waals surface area (Å²) >= 11 is 0. The molecule has 0 aliphatic carbocycles. The SMILES string of the molecule is CN(C)C(=O)Cn1ccc2cc(NS(=O)(=O)c3ccc(F)c4ncccc34)ccc21. The summed E-state index contributed by atoms with van der Waals surface area (Å²) in [5, 5.41) is 0.992. The number of halogens is 1. The van der Waals surface area contributed by atoms with E-state index in [0.29, 0.717) is 5.69 Å². The maximum Gasteiger partial charge on any atom is 0.262 e. The molecule has 1 amide bonds. The monoisotopic (exact) mass is 426 g/mol. The fourth-order valence-corrected chi connectivity index (χ4v) is 4.49. The van der Waals surface area contributed by atoms with Crippen LogP contribution in [-0.4, -0.2) is 42.9 Å². The van der Waals surface area contributed by atoms with Gasteiger partial charge in [0.1, 0.15) is 17.9 Å². The Morgan fingerprint density at radius 3 is 2.73 bits per heavy atom. The number of rotatable bonds is 5. The van der Waals surface area contributed by atoms with E-state index in [4.69, 9.17) is 0 Å². The van der Waals surface area contributed by atoms with Gasteiger partial charge in [-0.3, -0.25) is 14.5 Å². The Morgan fingerprint density at radius 1 is 1.17 bits per heavy atom. The van der Waals surface area contributed by atoms with Crippen LogP contribution in [0.4, 0.5) is 10.1 Å². The summed E-state index contributed by atoms with van der Waals surface area (Å²) in [5.41, 5.74) is 1.17. The van der Waals surface area contributed by atoms with Crippen molar-refractivity contribution < 1.29 is 17.6 Å². The molecule has 0 fully saturated rings. The number of benzene rings is 2. The number of hydrogen-bond donors (Lipinski definition) is 1. The number of aromatic nitrogens is 2. The summed E-state index contributed by atoms with van der Waals surface area (Å²) in [7, 11) is -0.593. The second-order valence-electron chi connectivity index (χ2n) is 7.06. The summed E-state index contributed by atoms with van der Waals surface area (Å²) in [5.74, 6) is -0.631. The lowest BCUT2D eigenvalue weighted by atomic mass is 10.2. The molecule has 0 aliphatic heterocycles. The van der Waals surface area contributed by atoms with Gasteiger partial charge in [-0.15, -0.1) is 0 Å². The van der Waals surface area contributed by atoms with Crippen molar-refractivity contribution >= 4 is 43.4 Å². The topological polar surface area (TPSA) is 84.3 Å². The number of nitrogens with zero attached hydrogens (tertiary/aromatic N) is 3. The van der Waals surface area contributed by atoms with Crippen LogP contribution in [0.25, 0.3) is 21.8 Å². The molecular weight excluding hydrogens is 407 g/mol. The third-order valence-electron chi connectivity index (χ3n) is 4.80. The highest BCUT2D eigenvalue weighted by atomic mass is 32.2. The van der Waals surface area contributed by atoms with Crippen LogP contribution >= 0.6 is 0 Å². The van der Waals surface area contributed by atoms with Crippen LogP contribution in [0.1, 0.15) is 0 Å². The number of nitrogens with one attached hydrogen (secondary N) is 1. The van der Waals surface area contributed by atoms with E-state index in [0.717, 1.165) is 17.0 Å². The summed E-state index contributed by atoms with van der Waals surface area (Å²) in [6.45, 7) is 0.191. The lowest BCUT2D eigenvalue weighted by molar-refractivity contribution is -0.129. The largest absolute Gasteiger partial charge is 0.347 e. The van der Waals surface area contributed by atoms with Crippen molar-refractivity contribution in [3.8, 4) is 0 Å². The first-order valence-corrected chi connectivity index (χ1v) is 10.6.